The third-order valence-corrected chi connectivity index (χ3v) is 4.15. The summed E-state index contributed by atoms with van der Waals surface area (Å²) in [6.45, 7) is 0.352. The van der Waals surface area contributed by atoms with Gasteiger partial charge < -0.3 is 19.9 Å². The third-order valence-electron chi connectivity index (χ3n) is 4.15. The number of carboxylic acids is 1. The number of benzene rings is 2. The number of carbonyl (C=O) groups excluding carboxylic acids is 1. The molecule has 0 radical (unpaired) electrons. The Bertz CT molecular complexity index is 1060. The van der Waals surface area contributed by atoms with E-state index in [0.717, 1.165) is 11.1 Å². The average molecular weight is 404 g/mol. The van der Waals surface area contributed by atoms with Crippen LogP contribution >= 0.6 is 0 Å². The first-order valence-electron chi connectivity index (χ1n) is 9.08. The zero-order chi connectivity index (χ0) is 21.3. The van der Waals surface area contributed by atoms with E-state index in [1.165, 1.54) is 25.3 Å². The molecule has 0 aliphatic rings. The number of hydrogen-bond donors (Lipinski definition) is 2. The SMILES string of the molecule is COc1cc(C=CC(=O)Nc2ccccc2C(=O)O)ccc1OCc1cccnc1. The highest BCUT2D eigenvalue weighted by molar-refractivity contribution is 6.06. The molecule has 30 heavy (non-hydrogen) atoms. The molecule has 3 aromatic rings. The van der Waals surface area contributed by atoms with Crippen molar-refractivity contribution in [3.05, 3.63) is 89.8 Å². The fourth-order valence-electron chi connectivity index (χ4n) is 2.68. The normalized spacial score (nSPS) is 10.6. The molecule has 1 heterocycles. The van der Waals surface area contributed by atoms with Crippen molar-refractivity contribution in [3.63, 3.8) is 0 Å². The van der Waals surface area contributed by atoms with Crippen LogP contribution in [0.2, 0.25) is 0 Å². The number of nitrogens with one attached hydrogen (secondary N) is 1. The molecule has 152 valence electrons. The quantitative estimate of drug-likeness (QED) is 0.551. The maximum Gasteiger partial charge on any atom is 0.337 e. The van der Waals surface area contributed by atoms with Gasteiger partial charge in [0.05, 0.1) is 18.4 Å². The minimum absolute atomic E-state index is 0.0241. The molecule has 3 rings (SSSR count). The molecule has 2 aromatic carbocycles. The van der Waals surface area contributed by atoms with Crippen LogP contribution in [0.5, 0.6) is 11.5 Å². The predicted octanol–water partition coefficient (Wildman–Crippen LogP) is 4.02. The molecule has 7 heteroatoms. The summed E-state index contributed by atoms with van der Waals surface area (Å²) in [5.41, 5.74) is 1.91. The van der Waals surface area contributed by atoms with Gasteiger partial charge in [0.15, 0.2) is 11.5 Å². The van der Waals surface area contributed by atoms with Crippen molar-refractivity contribution in [1.29, 1.82) is 0 Å². The second-order valence-electron chi connectivity index (χ2n) is 6.23. The second kappa shape index (κ2) is 9.88. The van der Waals surface area contributed by atoms with Gasteiger partial charge >= 0.3 is 5.97 Å². The highest BCUT2D eigenvalue weighted by Gasteiger charge is 2.10. The van der Waals surface area contributed by atoms with Crippen LogP contribution in [0.25, 0.3) is 6.08 Å². The van der Waals surface area contributed by atoms with E-state index < -0.39 is 11.9 Å². The Hall–Kier alpha value is -4.13. The van der Waals surface area contributed by atoms with E-state index in [9.17, 15) is 14.7 Å². The molecular formula is C23H20N2O5. The minimum Gasteiger partial charge on any atom is -0.493 e. The monoisotopic (exact) mass is 404 g/mol. The van der Waals surface area contributed by atoms with Crippen LogP contribution in [0.15, 0.2) is 73.1 Å². The maximum atomic E-state index is 12.2. The molecule has 2 N–H and O–H groups in total. The van der Waals surface area contributed by atoms with Crippen LogP contribution in [0, 0.1) is 0 Å². The van der Waals surface area contributed by atoms with E-state index in [4.69, 9.17) is 9.47 Å². The minimum atomic E-state index is -1.11. The van der Waals surface area contributed by atoms with E-state index >= 15 is 0 Å². The van der Waals surface area contributed by atoms with Crippen LogP contribution in [-0.4, -0.2) is 29.1 Å². The lowest BCUT2D eigenvalue weighted by molar-refractivity contribution is -0.111. The van der Waals surface area contributed by atoms with Crippen molar-refractivity contribution < 1.29 is 24.2 Å². The predicted molar refractivity (Wildman–Crippen MR) is 113 cm³/mol. The van der Waals surface area contributed by atoms with Gasteiger partial charge in [-0.3, -0.25) is 9.78 Å². The van der Waals surface area contributed by atoms with Gasteiger partial charge in [-0.1, -0.05) is 24.3 Å². The molecule has 1 aromatic heterocycles. The summed E-state index contributed by atoms with van der Waals surface area (Å²) in [5, 5.41) is 11.8. The molecule has 0 atom stereocenters. The number of hydrogen-bond acceptors (Lipinski definition) is 5. The second-order valence-corrected chi connectivity index (χ2v) is 6.23. The zero-order valence-electron chi connectivity index (χ0n) is 16.2. The van der Waals surface area contributed by atoms with Gasteiger partial charge in [-0.15, -0.1) is 0 Å². The summed E-state index contributed by atoms with van der Waals surface area (Å²) < 4.78 is 11.2. The van der Waals surface area contributed by atoms with E-state index in [2.05, 4.69) is 10.3 Å². The van der Waals surface area contributed by atoms with Crippen molar-refractivity contribution in [1.82, 2.24) is 4.98 Å². The molecule has 0 saturated carbocycles. The standard InChI is InChI=1S/C23H20N2O5/c1-29-21-13-16(8-10-20(21)30-15-17-5-4-12-24-14-17)9-11-22(26)25-19-7-3-2-6-18(19)23(27)28/h2-14H,15H2,1H3,(H,25,26)(H,27,28). The Labute approximate surface area is 173 Å². The molecule has 0 bridgehead atoms. The number of rotatable bonds is 8. The Morgan fingerprint density at radius 3 is 2.67 bits per heavy atom. The van der Waals surface area contributed by atoms with Gasteiger partial charge in [-0.2, -0.15) is 0 Å². The van der Waals surface area contributed by atoms with Gasteiger partial charge in [0.2, 0.25) is 5.91 Å². The first kappa shape index (κ1) is 20.6. The topological polar surface area (TPSA) is 97.8 Å². The number of anilines is 1. The van der Waals surface area contributed by atoms with Crippen LogP contribution in [0.4, 0.5) is 5.69 Å². The maximum absolute atomic E-state index is 12.2. The lowest BCUT2D eigenvalue weighted by Crippen LogP contribution is -2.11. The van der Waals surface area contributed by atoms with Crippen molar-refractivity contribution in [2.24, 2.45) is 0 Å². The molecule has 0 aliphatic carbocycles. The fraction of sp³-hybridized carbons (Fsp3) is 0.0870. The Kier molecular flexibility index (Phi) is 6.78. The van der Waals surface area contributed by atoms with Gasteiger partial charge in [-0.25, -0.2) is 4.79 Å². The highest BCUT2D eigenvalue weighted by atomic mass is 16.5. The van der Waals surface area contributed by atoms with Gasteiger partial charge in [0, 0.05) is 24.0 Å². The Balaban J connectivity index is 1.67. The van der Waals surface area contributed by atoms with Gasteiger partial charge in [-0.05, 0) is 42.0 Å². The zero-order valence-corrected chi connectivity index (χ0v) is 16.2. The first-order valence-corrected chi connectivity index (χ1v) is 9.08. The lowest BCUT2D eigenvalue weighted by Gasteiger charge is -2.11. The van der Waals surface area contributed by atoms with Crippen molar-refractivity contribution >= 4 is 23.6 Å². The van der Waals surface area contributed by atoms with Crippen molar-refractivity contribution in [2.45, 2.75) is 6.61 Å². The first-order chi connectivity index (χ1) is 14.6. The van der Waals surface area contributed by atoms with Crippen LogP contribution in [0.1, 0.15) is 21.5 Å². The number of pyridine rings is 1. The number of nitrogens with zero attached hydrogens (tertiary/aromatic N) is 1. The number of carbonyl (C=O) groups is 2. The van der Waals surface area contributed by atoms with Crippen LogP contribution < -0.4 is 14.8 Å². The molecule has 0 fully saturated rings. The molecule has 0 saturated heterocycles. The molecule has 0 unspecified atom stereocenters. The van der Waals surface area contributed by atoms with E-state index in [1.807, 2.05) is 12.1 Å². The largest absolute Gasteiger partial charge is 0.493 e. The van der Waals surface area contributed by atoms with E-state index in [0.29, 0.717) is 18.1 Å². The van der Waals surface area contributed by atoms with Gasteiger partial charge in [0.25, 0.3) is 0 Å². The van der Waals surface area contributed by atoms with E-state index in [1.54, 1.807) is 48.8 Å². The summed E-state index contributed by atoms with van der Waals surface area (Å²) >= 11 is 0. The molecule has 0 spiro atoms. The van der Waals surface area contributed by atoms with Crippen LogP contribution in [-0.2, 0) is 11.4 Å². The number of carboxylic acid groups (broad SMARTS) is 1. The smallest absolute Gasteiger partial charge is 0.337 e. The Morgan fingerprint density at radius 2 is 1.93 bits per heavy atom. The lowest BCUT2D eigenvalue weighted by atomic mass is 10.1. The summed E-state index contributed by atoms with van der Waals surface area (Å²) in [7, 11) is 1.54. The summed E-state index contributed by atoms with van der Waals surface area (Å²) in [5.74, 6) is -0.461. The Morgan fingerprint density at radius 1 is 1.10 bits per heavy atom. The number of ether oxygens (including phenoxy) is 2. The number of amides is 1. The van der Waals surface area contributed by atoms with E-state index in [-0.39, 0.29) is 11.3 Å². The summed E-state index contributed by atoms with van der Waals surface area (Å²) in [6.07, 6.45) is 6.35. The van der Waals surface area contributed by atoms with Crippen molar-refractivity contribution in [3.8, 4) is 11.5 Å². The number of aromatic carboxylic acids is 1. The molecule has 1 amide bonds. The molecule has 7 nitrogen and oxygen atoms in total. The third kappa shape index (κ3) is 5.45. The molecular weight excluding hydrogens is 384 g/mol. The number of methoxy groups -OCH3 is 1. The highest BCUT2D eigenvalue weighted by Crippen LogP contribution is 2.29. The number of para-hydroxylation sites is 1. The molecule has 0 aliphatic heterocycles. The van der Waals surface area contributed by atoms with Gasteiger partial charge in [0.1, 0.15) is 6.61 Å². The fourth-order valence-corrected chi connectivity index (χ4v) is 2.68. The van der Waals surface area contributed by atoms with Crippen molar-refractivity contribution in [2.75, 3.05) is 12.4 Å². The summed E-state index contributed by atoms with van der Waals surface area (Å²) in [6, 6.07) is 15.3. The van der Waals surface area contributed by atoms with Crippen LogP contribution in [0.3, 0.4) is 0 Å². The number of aromatic nitrogens is 1. The average Bonchev–Trinajstić information content (AvgIpc) is 2.77. The summed E-state index contributed by atoms with van der Waals surface area (Å²) in [4.78, 5) is 27.5.